The number of fused-ring (bicyclic) bond motifs is 1. The highest BCUT2D eigenvalue weighted by molar-refractivity contribution is 5.48. The van der Waals surface area contributed by atoms with Gasteiger partial charge in [-0.3, -0.25) is 0 Å². The van der Waals surface area contributed by atoms with Gasteiger partial charge in [0.15, 0.2) is 0 Å². The number of aryl methyl sites for hydroxylation is 1. The summed E-state index contributed by atoms with van der Waals surface area (Å²) in [6.07, 6.45) is 10.1. The van der Waals surface area contributed by atoms with Crippen molar-refractivity contribution in [2.24, 2.45) is 5.92 Å². The molecule has 0 spiro atoms. The van der Waals surface area contributed by atoms with Crippen molar-refractivity contribution in [2.45, 2.75) is 64.3 Å². The molecule has 0 unspecified atom stereocenters. The largest absolute Gasteiger partial charge is 0.384 e. The third-order valence-corrected chi connectivity index (χ3v) is 4.79. The smallest absolute Gasteiger partial charge is 0.134 e. The highest BCUT2D eigenvalue weighted by atomic mass is 15.2. The van der Waals surface area contributed by atoms with Gasteiger partial charge in [0.25, 0.3) is 0 Å². The van der Waals surface area contributed by atoms with E-state index in [1.165, 1.54) is 38.5 Å². The van der Waals surface area contributed by atoms with Gasteiger partial charge in [-0.25, -0.2) is 9.97 Å². The van der Waals surface area contributed by atoms with Crippen molar-refractivity contribution >= 4 is 11.6 Å². The van der Waals surface area contributed by atoms with Crippen LogP contribution in [0.5, 0.6) is 0 Å². The number of rotatable bonds is 3. The van der Waals surface area contributed by atoms with Gasteiger partial charge in [0.1, 0.15) is 17.5 Å². The van der Waals surface area contributed by atoms with Gasteiger partial charge in [-0.1, -0.05) is 19.8 Å². The molecule has 2 atom stereocenters. The Morgan fingerprint density at radius 3 is 2.85 bits per heavy atom. The first-order chi connectivity index (χ1) is 9.78. The minimum absolute atomic E-state index is 0.622. The van der Waals surface area contributed by atoms with Gasteiger partial charge < -0.3 is 10.6 Å². The van der Waals surface area contributed by atoms with Crippen LogP contribution in [0, 0.1) is 5.92 Å². The van der Waals surface area contributed by atoms with Gasteiger partial charge in [0.05, 0.1) is 0 Å². The first kappa shape index (κ1) is 13.7. The second-order valence-corrected chi connectivity index (χ2v) is 6.26. The quantitative estimate of drug-likeness (QED) is 0.920. The van der Waals surface area contributed by atoms with Crippen LogP contribution >= 0.6 is 0 Å². The summed E-state index contributed by atoms with van der Waals surface area (Å²) in [5.74, 6) is 3.46. The Morgan fingerprint density at radius 1 is 1.20 bits per heavy atom. The molecule has 1 saturated heterocycles. The third-order valence-electron chi connectivity index (χ3n) is 4.79. The lowest BCUT2D eigenvalue weighted by atomic mass is 9.78. The third kappa shape index (κ3) is 2.74. The standard InChI is InChI=1S/C16H26N4/c1-2-6-15-18-14(17)11-16(19-15)20-10-5-8-12-7-3-4-9-13(12)20/h11-13H,2-10H2,1H3,(H2,17,18,19)/t12-,13-/m1/s1. The summed E-state index contributed by atoms with van der Waals surface area (Å²) < 4.78 is 0. The number of nitrogen functional groups attached to an aromatic ring is 1. The Morgan fingerprint density at radius 2 is 2.00 bits per heavy atom. The van der Waals surface area contributed by atoms with E-state index < -0.39 is 0 Å². The predicted octanol–water partition coefficient (Wildman–Crippen LogP) is 3.17. The van der Waals surface area contributed by atoms with Crippen molar-refractivity contribution in [3.8, 4) is 0 Å². The predicted molar refractivity (Wildman–Crippen MR) is 82.8 cm³/mol. The van der Waals surface area contributed by atoms with Crippen molar-refractivity contribution in [1.29, 1.82) is 0 Å². The molecule has 1 aliphatic carbocycles. The average Bonchev–Trinajstić information content (AvgIpc) is 2.46. The first-order valence-electron chi connectivity index (χ1n) is 8.18. The lowest BCUT2D eigenvalue weighted by Gasteiger charge is -2.44. The summed E-state index contributed by atoms with van der Waals surface area (Å²) in [4.78, 5) is 11.7. The van der Waals surface area contributed by atoms with Crippen molar-refractivity contribution in [2.75, 3.05) is 17.2 Å². The summed E-state index contributed by atoms with van der Waals surface area (Å²) in [6.45, 7) is 3.29. The molecule has 1 aromatic heterocycles. The summed E-state index contributed by atoms with van der Waals surface area (Å²) >= 11 is 0. The zero-order chi connectivity index (χ0) is 13.9. The van der Waals surface area contributed by atoms with E-state index in [0.29, 0.717) is 11.9 Å². The molecule has 1 saturated carbocycles. The normalized spacial score (nSPS) is 26.4. The number of piperidine rings is 1. The van der Waals surface area contributed by atoms with Crippen molar-refractivity contribution in [1.82, 2.24) is 9.97 Å². The molecule has 2 N–H and O–H groups in total. The molecule has 4 nitrogen and oxygen atoms in total. The molecule has 0 amide bonds. The van der Waals surface area contributed by atoms with Crippen LogP contribution in [0.3, 0.4) is 0 Å². The van der Waals surface area contributed by atoms with E-state index >= 15 is 0 Å². The maximum Gasteiger partial charge on any atom is 0.134 e. The maximum absolute atomic E-state index is 5.99. The fourth-order valence-electron chi connectivity index (χ4n) is 3.89. The number of anilines is 2. The number of nitrogens with zero attached hydrogens (tertiary/aromatic N) is 3. The summed E-state index contributed by atoms with van der Waals surface area (Å²) in [6, 6.07) is 2.65. The highest BCUT2D eigenvalue weighted by Gasteiger charge is 2.34. The molecule has 2 heterocycles. The Hall–Kier alpha value is -1.32. The van der Waals surface area contributed by atoms with Gasteiger partial charge in [0.2, 0.25) is 0 Å². The van der Waals surface area contributed by atoms with Crippen LogP contribution in [0.4, 0.5) is 11.6 Å². The van der Waals surface area contributed by atoms with E-state index in [-0.39, 0.29) is 0 Å². The Balaban J connectivity index is 1.86. The average molecular weight is 274 g/mol. The van der Waals surface area contributed by atoms with Crippen molar-refractivity contribution in [3.05, 3.63) is 11.9 Å². The molecule has 20 heavy (non-hydrogen) atoms. The van der Waals surface area contributed by atoms with Gasteiger partial charge in [-0.2, -0.15) is 0 Å². The van der Waals surface area contributed by atoms with Crippen LogP contribution in [0.2, 0.25) is 0 Å². The zero-order valence-corrected chi connectivity index (χ0v) is 12.5. The van der Waals surface area contributed by atoms with E-state index in [2.05, 4.69) is 16.8 Å². The summed E-state index contributed by atoms with van der Waals surface area (Å²) in [7, 11) is 0. The van der Waals surface area contributed by atoms with E-state index in [1.54, 1.807) is 0 Å². The molecule has 0 aromatic carbocycles. The van der Waals surface area contributed by atoms with Gasteiger partial charge in [-0.15, -0.1) is 0 Å². The second kappa shape index (κ2) is 5.98. The van der Waals surface area contributed by atoms with Crippen LogP contribution in [-0.4, -0.2) is 22.6 Å². The topological polar surface area (TPSA) is 55.0 Å². The molecular weight excluding hydrogens is 248 g/mol. The lowest BCUT2D eigenvalue weighted by molar-refractivity contribution is 0.242. The summed E-state index contributed by atoms with van der Waals surface area (Å²) in [5, 5.41) is 0. The summed E-state index contributed by atoms with van der Waals surface area (Å²) in [5.41, 5.74) is 5.99. The Bertz CT molecular complexity index is 458. The molecule has 2 fully saturated rings. The number of nitrogens with two attached hydrogens (primary N) is 1. The van der Waals surface area contributed by atoms with Crippen LogP contribution in [0.25, 0.3) is 0 Å². The molecule has 1 aromatic rings. The van der Waals surface area contributed by atoms with Gasteiger partial charge in [-0.05, 0) is 38.0 Å². The molecule has 110 valence electrons. The molecule has 0 radical (unpaired) electrons. The molecule has 3 rings (SSSR count). The van der Waals surface area contributed by atoms with Crippen LogP contribution in [0.15, 0.2) is 6.07 Å². The zero-order valence-electron chi connectivity index (χ0n) is 12.5. The van der Waals surface area contributed by atoms with E-state index in [9.17, 15) is 0 Å². The van der Waals surface area contributed by atoms with Crippen molar-refractivity contribution in [3.63, 3.8) is 0 Å². The van der Waals surface area contributed by atoms with E-state index in [0.717, 1.165) is 36.9 Å². The molecular formula is C16H26N4. The van der Waals surface area contributed by atoms with E-state index in [4.69, 9.17) is 10.7 Å². The number of hydrogen-bond donors (Lipinski definition) is 1. The fraction of sp³-hybridized carbons (Fsp3) is 0.750. The Labute approximate surface area is 121 Å². The fourth-order valence-corrected chi connectivity index (χ4v) is 3.89. The molecule has 2 aliphatic rings. The van der Waals surface area contributed by atoms with Crippen LogP contribution in [-0.2, 0) is 6.42 Å². The SMILES string of the molecule is CCCc1nc(N)cc(N2CCC[C@H]3CCCC[C@H]32)n1. The van der Waals surface area contributed by atoms with Crippen LogP contribution < -0.4 is 10.6 Å². The lowest BCUT2D eigenvalue weighted by Crippen LogP contribution is -2.47. The second-order valence-electron chi connectivity index (χ2n) is 6.26. The Kier molecular flexibility index (Phi) is 4.08. The van der Waals surface area contributed by atoms with Crippen molar-refractivity contribution < 1.29 is 0 Å². The molecule has 4 heteroatoms. The maximum atomic E-state index is 5.99. The van der Waals surface area contributed by atoms with E-state index in [1.807, 2.05) is 6.07 Å². The molecule has 1 aliphatic heterocycles. The minimum Gasteiger partial charge on any atom is -0.384 e. The number of aromatic nitrogens is 2. The molecule has 0 bridgehead atoms. The van der Waals surface area contributed by atoms with Gasteiger partial charge in [0, 0.05) is 25.1 Å². The van der Waals surface area contributed by atoms with Gasteiger partial charge >= 0.3 is 0 Å². The highest BCUT2D eigenvalue weighted by Crippen LogP contribution is 2.37. The number of hydrogen-bond acceptors (Lipinski definition) is 4. The minimum atomic E-state index is 0.622. The van der Waals surface area contributed by atoms with Crippen LogP contribution in [0.1, 0.15) is 57.7 Å². The first-order valence-corrected chi connectivity index (χ1v) is 8.18. The monoisotopic (exact) mass is 274 g/mol.